The lowest BCUT2D eigenvalue weighted by molar-refractivity contribution is -0.383. The number of piperidine rings is 1. The Balaban J connectivity index is 0.00000312. The number of rotatable bonds is 7. The van der Waals surface area contributed by atoms with Gasteiger partial charge in [0.2, 0.25) is 5.91 Å². The third-order valence-corrected chi connectivity index (χ3v) is 4.54. The van der Waals surface area contributed by atoms with Crippen molar-refractivity contribution in [1.29, 1.82) is 0 Å². The first-order valence-electron chi connectivity index (χ1n) is 8.10. The average molecular weight is 391 g/mol. The lowest BCUT2D eigenvalue weighted by atomic mass is 9.93. The third-order valence-electron chi connectivity index (χ3n) is 4.31. The van der Waals surface area contributed by atoms with Crippen LogP contribution in [0, 0.1) is 16.0 Å². The standard InChI is InChI=1S/C16H23ClN4O3.ClH/c1-18-7-4-12-5-8-20(9-6-12)11-16(22)19-14-3-2-13(17)10-15(14)21(23)24;/h2-3,10,12,18H,4-9,11H2,1H3,(H,19,22);1H. The van der Waals surface area contributed by atoms with Crippen molar-refractivity contribution in [2.75, 3.05) is 38.5 Å². The van der Waals surface area contributed by atoms with Crippen LogP contribution in [0.2, 0.25) is 5.02 Å². The van der Waals surface area contributed by atoms with E-state index in [9.17, 15) is 14.9 Å². The van der Waals surface area contributed by atoms with E-state index in [1.165, 1.54) is 18.2 Å². The number of nitro benzene ring substituents is 1. The monoisotopic (exact) mass is 390 g/mol. The number of benzene rings is 1. The van der Waals surface area contributed by atoms with Crippen molar-refractivity contribution in [3.05, 3.63) is 33.3 Å². The Hall–Kier alpha value is -1.41. The molecule has 0 bridgehead atoms. The summed E-state index contributed by atoms with van der Waals surface area (Å²) in [5, 5.41) is 17.1. The van der Waals surface area contributed by atoms with E-state index >= 15 is 0 Å². The molecular weight excluding hydrogens is 367 g/mol. The first-order chi connectivity index (χ1) is 11.5. The van der Waals surface area contributed by atoms with Crippen molar-refractivity contribution in [3.63, 3.8) is 0 Å². The second kappa shape index (κ2) is 10.6. The Kier molecular flexibility index (Phi) is 9.13. The zero-order valence-corrected chi connectivity index (χ0v) is 15.7. The van der Waals surface area contributed by atoms with Crippen LogP contribution < -0.4 is 10.6 Å². The van der Waals surface area contributed by atoms with Crippen LogP contribution in [0.1, 0.15) is 19.3 Å². The SMILES string of the molecule is CNCCC1CCN(CC(=O)Nc2ccc(Cl)cc2[N+](=O)[O-])CC1.Cl. The van der Waals surface area contributed by atoms with Gasteiger partial charge < -0.3 is 10.6 Å². The van der Waals surface area contributed by atoms with E-state index in [0.29, 0.717) is 5.92 Å². The van der Waals surface area contributed by atoms with Gasteiger partial charge in [-0.15, -0.1) is 12.4 Å². The minimum absolute atomic E-state index is 0. The maximum absolute atomic E-state index is 12.2. The molecule has 1 aliphatic heterocycles. The average Bonchev–Trinajstić information content (AvgIpc) is 2.55. The molecule has 0 unspecified atom stereocenters. The maximum atomic E-state index is 12.2. The van der Waals surface area contributed by atoms with Gasteiger partial charge in [-0.2, -0.15) is 0 Å². The highest BCUT2D eigenvalue weighted by atomic mass is 35.5. The van der Waals surface area contributed by atoms with E-state index in [1.807, 2.05) is 7.05 Å². The molecule has 1 amide bonds. The second-order valence-corrected chi connectivity index (χ2v) is 6.51. The molecule has 1 fully saturated rings. The fraction of sp³-hybridized carbons (Fsp3) is 0.562. The van der Waals surface area contributed by atoms with Gasteiger partial charge in [0.1, 0.15) is 5.69 Å². The molecule has 0 spiro atoms. The number of likely N-dealkylation sites (tertiary alicyclic amines) is 1. The summed E-state index contributed by atoms with van der Waals surface area (Å²) < 4.78 is 0. The lowest BCUT2D eigenvalue weighted by Crippen LogP contribution is -2.39. The van der Waals surface area contributed by atoms with E-state index in [1.54, 1.807) is 0 Å². The lowest BCUT2D eigenvalue weighted by Gasteiger charge is -2.31. The van der Waals surface area contributed by atoms with Crippen molar-refractivity contribution in [2.24, 2.45) is 5.92 Å². The van der Waals surface area contributed by atoms with E-state index in [0.717, 1.165) is 38.9 Å². The summed E-state index contributed by atoms with van der Waals surface area (Å²) >= 11 is 5.77. The summed E-state index contributed by atoms with van der Waals surface area (Å²) in [6, 6.07) is 4.23. The van der Waals surface area contributed by atoms with E-state index in [4.69, 9.17) is 11.6 Å². The molecule has 2 rings (SSSR count). The molecule has 0 saturated carbocycles. The van der Waals surface area contributed by atoms with Gasteiger partial charge in [0.15, 0.2) is 0 Å². The van der Waals surface area contributed by atoms with Crippen LogP contribution in [0.4, 0.5) is 11.4 Å². The van der Waals surface area contributed by atoms with Crippen LogP contribution in [-0.2, 0) is 4.79 Å². The molecule has 1 aromatic carbocycles. The highest BCUT2D eigenvalue weighted by Gasteiger charge is 2.22. The molecule has 0 aromatic heterocycles. The molecule has 0 radical (unpaired) electrons. The predicted octanol–water partition coefficient (Wildman–Crippen LogP) is 2.93. The topological polar surface area (TPSA) is 87.5 Å². The van der Waals surface area contributed by atoms with Crippen LogP contribution in [-0.4, -0.2) is 49.0 Å². The zero-order chi connectivity index (χ0) is 17.5. The minimum atomic E-state index is -0.547. The molecule has 0 aliphatic carbocycles. The number of halogens is 2. The molecule has 0 atom stereocenters. The van der Waals surface area contributed by atoms with E-state index in [2.05, 4.69) is 15.5 Å². The van der Waals surface area contributed by atoms with E-state index in [-0.39, 0.29) is 41.3 Å². The van der Waals surface area contributed by atoms with Crippen LogP contribution in [0.3, 0.4) is 0 Å². The molecule has 1 aromatic rings. The fourth-order valence-corrected chi connectivity index (χ4v) is 3.10. The van der Waals surface area contributed by atoms with Crippen LogP contribution in [0.15, 0.2) is 18.2 Å². The Labute approximate surface area is 158 Å². The fourth-order valence-electron chi connectivity index (χ4n) is 2.94. The normalized spacial score (nSPS) is 15.4. The van der Waals surface area contributed by atoms with Gasteiger partial charge in [-0.1, -0.05) is 11.6 Å². The van der Waals surface area contributed by atoms with Gasteiger partial charge in [0.25, 0.3) is 5.69 Å². The Morgan fingerprint density at radius 3 is 2.68 bits per heavy atom. The number of anilines is 1. The van der Waals surface area contributed by atoms with Crippen LogP contribution >= 0.6 is 24.0 Å². The number of nitrogens with zero attached hydrogens (tertiary/aromatic N) is 2. The highest BCUT2D eigenvalue weighted by Crippen LogP contribution is 2.27. The minimum Gasteiger partial charge on any atom is -0.320 e. The van der Waals surface area contributed by atoms with Crippen LogP contribution in [0.25, 0.3) is 0 Å². The smallest absolute Gasteiger partial charge is 0.294 e. The molecule has 1 saturated heterocycles. The summed E-state index contributed by atoms with van der Waals surface area (Å²) in [6.45, 7) is 3.03. The number of hydrogen-bond acceptors (Lipinski definition) is 5. The Bertz CT molecular complexity index is 593. The third kappa shape index (κ3) is 6.78. The van der Waals surface area contributed by atoms with Gasteiger partial charge in [0, 0.05) is 11.1 Å². The van der Waals surface area contributed by atoms with Crippen molar-refractivity contribution < 1.29 is 9.72 Å². The predicted molar refractivity (Wildman–Crippen MR) is 102 cm³/mol. The van der Waals surface area contributed by atoms with Gasteiger partial charge in [-0.25, -0.2) is 0 Å². The zero-order valence-electron chi connectivity index (χ0n) is 14.2. The summed E-state index contributed by atoms with van der Waals surface area (Å²) in [5.74, 6) is 0.461. The van der Waals surface area contributed by atoms with Gasteiger partial charge in [0.05, 0.1) is 11.5 Å². The Morgan fingerprint density at radius 2 is 2.08 bits per heavy atom. The number of nitro groups is 1. The van der Waals surface area contributed by atoms with Gasteiger partial charge >= 0.3 is 0 Å². The van der Waals surface area contributed by atoms with E-state index < -0.39 is 4.92 Å². The number of amides is 1. The summed E-state index contributed by atoms with van der Waals surface area (Å²) in [5.41, 5.74) is -0.0140. The molecule has 140 valence electrons. The Morgan fingerprint density at radius 1 is 1.40 bits per heavy atom. The summed E-state index contributed by atoms with van der Waals surface area (Å²) in [7, 11) is 1.95. The number of hydrogen-bond donors (Lipinski definition) is 2. The number of carbonyl (C=O) groups is 1. The summed E-state index contributed by atoms with van der Waals surface area (Å²) in [6.07, 6.45) is 3.32. The number of nitrogens with one attached hydrogen (secondary N) is 2. The summed E-state index contributed by atoms with van der Waals surface area (Å²) in [4.78, 5) is 24.8. The maximum Gasteiger partial charge on any atom is 0.294 e. The molecule has 2 N–H and O–H groups in total. The van der Waals surface area contributed by atoms with Crippen molar-refractivity contribution in [2.45, 2.75) is 19.3 Å². The molecule has 7 nitrogen and oxygen atoms in total. The molecular formula is C16H24Cl2N4O3. The molecule has 1 heterocycles. The largest absolute Gasteiger partial charge is 0.320 e. The molecule has 9 heteroatoms. The van der Waals surface area contributed by atoms with Crippen LogP contribution in [0.5, 0.6) is 0 Å². The van der Waals surface area contributed by atoms with Gasteiger partial charge in [-0.3, -0.25) is 19.8 Å². The van der Waals surface area contributed by atoms with Crippen molar-refractivity contribution in [1.82, 2.24) is 10.2 Å². The molecule has 25 heavy (non-hydrogen) atoms. The first-order valence-corrected chi connectivity index (χ1v) is 8.48. The second-order valence-electron chi connectivity index (χ2n) is 6.08. The molecule has 1 aliphatic rings. The number of carbonyl (C=O) groups excluding carboxylic acids is 1. The first kappa shape index (κ1) is 21.6. The highest BCUT2D eigenvalue weighted by molar-refractivity contribution is 6.31. The van der Waals surface area contributed by atoms with Gasteiger partial charge in [-0.05, 0) is 64.0 Å². The van der Waals surface area contributed by atoms with Crippen molar-refractivity contribution in [3.8, 4) is 0 Å². The van der Waals surface area contributed by atoms with Crippen molar-refractivity contribution >= 4 is 41.3 Å². The quantitative estimate of drug-likeness (QED) is 0.551.